The van der Waals surface area contributed by atoms with Crippen LogP contribution in [-0.2, 0) is 0 Å². The lowest BCUT2D eigenvalue weighted by Crippen LogP contribution is -2.00. The maximum Gasteiger partial charge on any atom is 0.167 e. The first-order valence-corrected chi connectivity index (χ1v) is 18.4. The van der Waals surface area contributed by atoms with Crippen LogP contribution in [0.4, 0.5) is 0 Å². The molecule has 0 aliphatic carbocycles. The summed E-state index contributed by atoms with van der Waals surface area (Å²) in [5.74, 6) is 1.77. The summed E-state index contributed by atoms with van der Waals surface area (Å²) in [6.07, 6.45) is 0. The standard InChI is InChI=1S/C51H33N3O/c1-4-12-34(13-5-1)36-22-24-38(25-23-36)39-26-30-40(31-27-39)43-18-10-19-44-45-20-11-21-46(48(45)55-47(43)44)51-53-49(41-16-8-3-9-17-41)52-50(54-51)42-32-28-37(29-33-42)35-14-6-2-7-15-35/h1-33H. The zero-order valence-electron chi connectivity index (χ0n) is 29.8. The van der Waals surface area contributed by atoms with E-state index in [1.807, 2.05) is 48.5 Å². The summed E-state index contributed by atoms with van der Waals surface area (Å²) >= 11 is 0. The van der Waals surface area contributed by atoms with Crippen LogP contribution in [0.25, 0.3) is 101 Å². The van der Waals surface area contributed by atoms with Crippen LogP contribution in [0.1, 0.15) is 0 Å². The van der Waals surface area contributed by atoms with E-state index >= 15 is 0 Å². The van der Waals surface area contributed by atoms with Crippen LogP contribution in [0.2, 0.25) is 0 Å². The highest BCUT2D eigenvalue weighted by atomic mass is 16.3. The molecule has 0 spiro atoms. The van der Waals surface area contributed by atoms with Gasteiger partial charge in [0.05, 0.1) is 5.56 Å². The van der Waals surface area contributed by atoms with Gasteiger partial charge in [0, 0.05) is 27.5 Å². The molecule has 8 aromatic carbocycles. The van der Waals surface area contributed by atoms with E-state index in [1.165, 1.54) is 16.7 Å². The van der Waals surface area contributed by atoms with Crippen molar-refractivity contribution in [2.45, 2.75) is 0 Å². The number of nitrogens with zero attached hydrogens (tertiary/aromatic N) is 3. The molecule has 55 heavy (non-hydrogen) atoms. The molecule has 0 fully saturated rings. The van der Waals surface area contributed by atoms with Crippen LogP contribution in [0, 0.1) is 0 Å². The van der Waals surface area contributed by atoms with Crippen molar-refractivity contribution in [2.24, 2.45) is 0 Å². The molecule has 10 rings (SSSR count). The summed E-state index contributed by atoms with van der Waals surface area (Å²) in [7, 11) is 0. The van der Waals surface area contributed by atoms with Gasteiger partial charge in [0.1, 0.15) is 11.2 Å². The highest BCUT2D eigenvalue weighted by Gasteiger charge is 2.19. The molecule has 0 N–H and O–H groups in total. The van der Waals surface area contributed by atoms with Gasteiger partial charge in [0.15, 0.2) is 17.5 Å². The molecule has 0 amide bonds. The number of fused-ring (bicyclic) bond motifs is 3. The Kier molecular flexibility index (Phi) is 8.12. The fraction of sp³-hybridized carbons (Fsp3) is 0. The first kappa shape index (κ1) is 32.2. The molecule has 0 atom stereocenters. The van der Waals surface area contributed by atoms with Gasteiger partial charge in [-0.2, -0.15) is 0 Å². The summed E-state index contributed by atoms with van der Waals surface area (Å²) in [5.41, 5.74) is 13.4. The molecule has 4 nitrogen and oxygen atoms in total. The lowest BCUT2D eigenvalue weighted by molar-refractivity contribution is 0.670. The minimum Gasteiger partial charge on any atom is -0.455 e. The minimum absolute atomic E-state index is 0.560. The predicted molar refractivity (Wildman–Crippen MR) is 225 cm³/mol. The van der Waals surface area contributed by atoms with Gasteiger partial charge in [-0.3, -0.25) is 0 Å². The second-order valence-electron chi connectivity index (χ2n) is 13.6. The Balaban J connectivity index is 1.04. The molecule has 2 heterocycles. The molecule has 0 aliphatic rings. The first-order chi connectivity index (χ1) is 27.2. The van der Waals surface area contributed by atoms with Gasteiger partial charge in [-0.1, -0.05) is 194 Å². The fourth-order valence-electron chi connectivity index (χ4n) is 7.34. The molecular weight excluding hydrogens is 671 g/mol. The third kappa shape index (κ3) is 6.16. The minimum atomic E-state index is 0.560. The van der Waals surface area contributed by atoms with E-state index in [0.29, 0.717) is 17.5 Å². The van der Waals surface area contributed by atoms with Crippen molar-refractivity contribution in [2.75, 3.05) is 0 Å². The summed E-state index contributed by atoms with van der Waals surface area (Å²) in [6, 6.07) is 69.3. The Labute approximate surface area is 319 Å². The summed E-state index contributed by atoms with van der Waals surface area (Å²) in [4.78, 5) is 15.1. The van der Waals surface area contributed by atoms with E-state index in [0.717, 1.165) is 66.4 Å². The van der Waals surface area contributed by atoms with Crippen molar-refractivity contribution in [3.8, 4) is 78.7 Å². The summed E-state index contributed by atoms with van der Waals surface area (Å²) in [6.45, 7) is 0. The molecule has 0 aliphatic heterocycles. The maximum atomic E-state index is 6.85. The average molecular weight is 704 g/mol. The fourth-order valence-corrected chi connectivity index (χ4v) is 7.34. The van der Waals surface area contributed by atoms with Crippen LogP contribution in [0.5, 0.6) is 0 Å². The van der Waals surface area contributed by atoms with Crippen molar-refractivity contribution >= 4 is 21.9 Å². The molecule has 0 unspecified atom stereocenters. The monoisotopic (exact) mass is 703 g/mol. The average Bonchev–Trinajstić information content (AvgIpc) is 3.67. The molecule has 0 bridgehead atoms. The molecule has 10 aromatic rings. The van der Waals surface area contributed by atoms with E-state index in [1.54, 1.807) is 0 Å². The van der Waals surface area contributed by atoms with Gasteiger partial charge in [-0.15, -0.1) is 0 Å². The number of furan rings is 1. The zero-order chi connectivity index (χ0) is 36.6. The molecule has 0 radical (unpaired) electrons. The number of benzene rings is 8. The van der Waals surface area contributed by atoms with Crippen molar-refractivity contribution in [3.05, 3.63) is 200 Å². The second kappa shape index (κ2) is 13.8. The largest absolute Gasteiger partial charge is 0.455 e. The van der Waals surface area contributed by atoms with Crippen molar-refractivity contribution in [1.82, 2.24) is 15.0 Å². The van der Waals surface area contributed by atoms with E-state index in [-0.39, 0.29) is 0 Å². The van der Waals surface area contributed by atoms with Gasteiger partial charge < -0.3 is 4.42 Å². The quantitative estimate of drug-likeness (QED) is 0.166. The summed E-state index contributed by atoms with van der Waals surface area (Å²) < 4.78 is 6.85. The first-order valence-electron chi connectivity index (χ1n) is 18.4. The van der Waals surface area contributed by atoms with Crippen LogP contribution in [0.15, 0.2) is 205 Å². The van der Waals surface area contributed by atoms with Crippen molar-refractivity contribution in [1.29, 1.82) is 0 Å². The van der Waals surface area contributed by atoms with Gasteiger partial charge in [0.2, 0.25) is 0 Å². The molecule has 258 valence electrons. The third-order valence-corrected chi connectivity index (χ3v) is 10.2. The number of hydrogen-bond donors (Lipinski definition) is 0. The Morgan fingerprint density at radius 1 is 0.236 bits per heavy atom. The lowest BCUT2D eigenvalue weighted by atomic mass is 9.97. The molecule has 4 heteroatoms. The molecule has 2 aromatic heterocycles. The van der Waals surface area contributed by atoms with Crippen molar-refractivity contribution in [3.63, 3.8) is 0 Å². The second-order valence-corrected chi connectivity index (χ2v) is 13.6. The number of para-hydroxylation sites is 2. The summed E-state index contributed by atoms with van der Waals surface area (Å²) in [5, 5.41) is 2.06. The Morgan fingerprint density at radius 2 is 0.564 bits per heavy atom. The van der Waals surface area contributed by atoms with Crippen molar-refractivity contribution < 1.29 is 4.42 Å². The van der Waals surface area contributed by atoms with Gasteiger partial charge >= 0.3 is 0 Å². The normalized spacial score (nSPS) is 11.3. The van der Waals surface area contributed by atoms with Crippen LogP contribution in [0.3, 0.4) is 0 Å². The predicted octanol–water partition coefficient (Wildman–Crippen LogP) is 13.4. The third-order valence-electron chi connectivity index (χ3n) is 10.2. The Morgan fingerprint density at radius 3 is 1.04 bits per heavy atom. The van der Waals surface area contributed by atoms with E-state index in [4.69, 9.17) is 19.4 Å². The van der Waals surface area contributed by atoms with E-state index in [9.17, 15) is 0 Å². The Hall–Kier alpha value is -7.43. The van der Waals surface area contributed by atoms with Gasteiger partial charge in [0.25, 0.3) is 0 Å². The number of rotatable bonds is 7. The van der Waals surface area contributed by atoms with Crippen LogP contribution in [-0.4, -0.2) is 15.0 Å². The topological polar surface area (TPSA) is 51.8 Å². The van der Waals surface area contributed by atoms with Crippen LogP contribution < -0.4 is 0 Å². The smallest absolute Gasteiger partial charge is 0.167 e. The number of aromatic nitrogens is 3. The van der Waals surface area contributed by atoms with Crippen LogP contribution >= 0.6 is 0 Å². The highest BCUT2D eigenvalue weighted by Crippen LogP contribution is 2.40. The van der Waals surface area contributed by atoms with E-state index in [2.05, 4.69) is 152 Å². The maximum absolute atomic E-state index is 6.85. The van der Waals surface area contributed by atoms with Gasteiger partial charge in [-0.25, -0.2) is 15.0 Å². The number of hydrogen-bond acceptors (Lipinski definition) is 4. The lowest BCUT2D eigenvalue weighted by Gasteiger charge is -2.09. The van der Waals surface area contributed by atoms with E-state index < -0.39 is 0 Å². The SMILES string of the molecule is c1ccc(-c2ccc(-c3ccc(-c4cccc5c4oc4c(-c6nc(-c7ccccc7)nc(-c7ccc(-c8ccccc8)cc7)n6)cccc45)cc3)cc2)cc1. The molecular formula is C51H33N3O. The van der Waals surface area contributed by atoms with Gasteiger partial charge in [-0.05, 0) is 45.0 Å². The molecule has 0 saturated heterocycles. The molecule has 0 saturated carbocycles. The zero-order valence-corrected chi connectivity index (χ0v) is 29.8. The highest BCUT2D eigenvalue weighted by molar-refractivity contribution is 6.12. The Bertz CT molecular complexity index is 2920.